The maximum atomic E-state index is 11.8. The number of benzene rings is 1. The van der Waals surface area contributed by atoms with Crippen LogP contribution in [-0.2, 0) is 6.54 Å². The number of amides is 1. The number of rotatable bonds is 4. The Balaban J connectivity index is 1.96. The molecule has 1 aromatic heterocycles. The van der Waals surface area contributed by atoms with Gasteiger partial charge in [-0.2, -0.15) is 0 Å². The number of aromatic carboxylic acids is 1. The first-order chi connectivity index (χ1) is 9.56. The molecule has 0 spiro atoms. The van der Waals surface area contributed by atoms with Crippen LogP contribution in [0.5, 0.6) is 0 Å². The third kappa shape index (κ3) is 3.64. The van der Waals surface area contributed by atoms with Gasteiger partial charge in [0, 0.05) is 12.7 Å². The first-order valence-electron chi connectivity index (χ1n) is 5.78. The molecule has 0 atom stereocenters. The van der Waals surface area contributed by atoms with Crippen molar-refractivity contribution in [2.45, 2.75) is 6.54 Å². The first kappa shape index (κ1) is 14.2. The van der Waals surface area contributed by atoms with Gasteiger partial charge in [0.2, 0.25) is 0 Å². The summed E-state index contributed by atoms with van der Waals surface area (Å²) in [4.78, 5) is 26.5. The molecular weight excluding hydrogens is 324 g/mol. The van der Waals surface area contributed by atoms with Crippen LogP contribution >= 0.6 is 15.9 Å². The van der Waals surface area contributed by atoms with Crippen LogP contribution < -0.4 is 5.32 Å². The highest BCUT2D eigenvalue weighted by atomic mass is 79.9. The molecule has 20 heavy (non-hydrogen) atoms. The van der Waals surface area contributed by atoms with Crippen LogP contribution in [-0.4, -0.2) is 22.0 Å². The Morgan fingerprint density at radius 1 is 1.10 bits per heavy atom. The van der Waals surface area contributed by atoms with Crippen LogP contribution in [0.4, 0.5) is 0 Å². The minimum absolute atomic E-state index is 0.220. The molecule has 1 amide bonds. The van der Waals surface area contributed by atoms with Crippen LogP contribution in [0.3, 0.4) is 0 Å². The number of nitrogens with zero attached hydrogens (tertiary/aromatic N) is 1. The summed E-state index contributed by atoms with van der Waals surface area (Å²) in [5.41, 5.74) is 1.51. The van der Waals surface area contributed by atoms with E-state index >= 15 is 0 Å². The van der Waals surface area contributed by atoms with Crippen molar-refractivity contribution in [2.24, 2.45) is 0 Å². The van der Waals surface area contributed by atoms with Gasteiger partial charge in [0.05, 0.1) is 11.1 Å². The van der Waals surface area contributed by atoms with E-state index in [-0.39, 0.29) is 11.5 Å². The Hall–Kier alpha value is -2.21. The molecular formula is C14H11BrN2O3. The van der Waals surface area contributed by atoms with E-state index in [0.29, 0.717) is 16.7 Å². The van der Waals surface area contributed by atoms with E-state index in [9.17, 15) is 9.59 Å². The fraction of sp³-hybridized carbons (Fsp3) is 0.0714. The number of pyridine rings is 1. The number of aromatic nitrogens is 1. The normalized spacial score (nSPS) is 10.1. The average Bonchev–Trinajstić information content (AvgIpc) is 2.46. The molecule has 2 aromatic rings. The highest BCUT2D eigenvalue weighted by Crippen LogP contribution is 2.07. The van der Waals surface area contributed by atoms with Crippen LogP contribution in [0.25, 0.3) is 0 Å². The quantitative estimate of drug-likeness (QED) is 0.842. The van der Waals surface area contributed by atoms with Crippen molar-refractivity contribution in [3.8, 4) is 0 Å². The van der Waals surface area contributed by atoms with Crippen molar-refractivity contribution >= 4 is 27.8 Å². The summed E-state index contributed by atoms with van der Waals surface area (Å²) >= 11 is 3.20. The highest BCUT2D eigenvalue weighted by Gasteiger charge is 2.06. The SMILES string of the molecule is O=C(O)c1ccc(CNC(=O)c2ccc(Br)nc2)cc1. The molecule has 0 aliphatic heterocycles. The molecule has 0 saturated heterocycles. The molecule has 0 aliphatic rings. The molecule has 0 unspecified atom stereocenters. The molecule has 0 bridgehead atoms. The predicted octanol–water partition coefficient (Wildman–Crippen LogP) is 2.47. The maximum absolute atomic E-state index is 11.8. The van der Waals surface area contributed by atoms with E-state index in [2.05, 4.69) is 26.2 Å². The van der Waals surface area contributed by atoms with Gasteiger partial charge in [-0.3, -0.25) is 4.79 Å². The topological polar surface area (TPSA) is 79.3 Å². The first-order valence-corrected chi connectivity index (χ1v) is 6.57. The molecule has 2 rings (SSSR count). The summed E-state index contributed by atoms with van der Waals surface area (Å²) in [6, 6.07) is 9.71. The van der Waals surface area contributed by atoms with Gasteiger partial charge in [-0.05, 0) is 45.8 Å². The smallest absolute Gasteiger partial charge is 0.335 e. The van der Waals surface area contributed by atoms with E-state index in [4.69, 9.17) is 5.11 Å². The van der Waals surface area contributed by atoms with E-state index in [1.54, 1.807) is 24.3 Å². The summed E-state index contributed by atoms with van der Waals surface area (Å²) in [6.45, 7) is 0.328. The Kier molecular flexibility index (Phi) is 4.47. The zero-order valence-corrected chi connectivity index (χ0v) is 11.9. The lowest BCUT2D eigenvalue weighted by atomic mass is 10.1. The third-order valence-corrected chi connectivity index (χ3v) is 3.11. The lowest BCUT2D eigenvalue weighted by Crippen LogP contribution is -2.22. The molecule has 2 N–H and O–H groups in total. The highest BCUT2D eigenvalue weighted by molar-refractivity contribution is 9.10. The summed E-state index contributed by atoms with van der Waals surface area (Å²) in [6.07, 6.45) is 1.48. The van der Waals surface area contributed by atoms with Gasteiger partial charge in [0.1, 0.15) is 4.60 Å². The Bertz CT molecular complexity index is 624. The van der Waals surface area contributed by atoms with Crippen molar-refractivity contribution in [3.63, 3.8) is 0 Å². The fourth-order valence-electron chi connectivity index (χ4n) is 1.56. The van der Waals surface area contributed by atoms with E-state index < -0.39 is 5.97 Å². The molecule has 1 aromatic carbocycles. The molecule has 1 heterocycles. The summed E-state index contributed by atoms with van der Waals surface area (Å²) < 4.78 is 0.665. The second kappa shape index (κ2) is 6.29. The zero-order valence-electron chi connectivity index (χ0n) is 10.3. The largest absolute Gasteiger partial charge is 0.478 e. The van der Waals surface area contributed by atoms with Gasteiger partial charge in [0.15, 0.2) is 0 Å². The lowest BCUT2D eigenvalue weighted by Gasteiger charge is -2.05. The van der Waals surface area contributed by atoms with Crippen LogP contribution in [0, 0.1) is 0 Å². The average molecular weight is 335 g/mol. The van der Waals surface area contributed by atoms with Crippen LogP contribution in [0.1, 0.15) is 26.3 Å². The number of carbonyl (C=O) groups is 2. The number of carbonyl (C=O) groups excluding carboxylic acids is 1. The van der Waals surface area contributed by atoms with Gasteiger partial charge in [-0.15, -0.1) is 0 Å². The second-order valence-corrected chi connectivity index (χ2v) is 4.87. The Morgan fingerprint density at radius 3 is 2.30 bits per heavy atom. The Morgan fingerprint density at radius 2 is 1.75 bits per heavy atom. The van der Waals surface area contributed by atoms with Gasteiger partial charge in [0.25, 0.3) is 5.91 Å². The zero-order chi connectivity index (χ0) is 14.5. The summed E-state index contributed by atoms with van der Waals surface area (Å²) in [5, 5.41) is 11.5. The molecule has 0 saturated carbocycles. The molecule has 6 heteroatoms. The van der Waals surface area contributed by atoms with E-state index in [1.807, 2.05) is 0 Å². The minimum atomic E-state index is -0.971. The Labute approximate surface area is 123 Å². The number of halogens is 1. The number of carboxylic acid groups (broad SMARTS) is 1. The lowest BCUT2D eigenvalue weighted by molar-refractivity contribution is 0.0696. The molecule has 5 nitrogen and oxygen atoms in total. The number of hydrogen-bond acceptors (Lipinski definition) is 3. The number of hydrogen-bond donors (Lipinski definition) is 2. The molecule has 102 valence electrons. The predicted molar refractivity (Wildman–Crippen MR) is 76.5 cm³/mol. The van der Waals surface area contributed by atoms with E-state index in [1.165, 1.54) is 18.3 Å². The van der Waals surface area contributed by atoms with Gasteiger partial charge in [-0.1, -0.05) is 12.1 Å². The van der Waals surface area contributed by atoms with Gasteiger partial charge in [-0.25, -0.2) is 9.78 Å². The fourth-order valence-corrected chi connectivity index (χ4v) is 1.79. The molecule has 0 radical (unpaired) electrons. The summed E-state index contributed by atoms with van der Waals surface area (Å²) in [5.74, 6) is -1.20. The van der Waals surface area contributed by atoms with Crippen molar-refractivity contribution in [1.82, 2.24) is 10.3 Å². The number of carboxylic acids is 1. The third-order valence-electron chi connectivity index (χ3n) is 2.64. The van der Waals surface area contributed by atoms with Gasteiger partial charge >= 0.3 is 5.97 Å². The maximum Gasteiger partial charge on any atom is 0.335 e. The molecule has 0 aliphatic carbocycles. The minimum Gasteiger partial charge on any atom is -0.478 e. The monoisotopic (exact) mass is 334 g/mol. The molecule has 0 fully saturated rings. The van der Waals surface area contributed by atoms with E-state index in [0.717, 1.165) is 5.56 Å². The second-order valence-electron chi connectivity index (χ2n) is 4.05. The standard InChI is InChI=1S/C14H11BrN2O3/c15-12-6-5-11(8-16-12)13(18)17-7-9-1-3-10(4-2-9)14(19)20/h1-6,8H,7H2,(H,17,18)(H,19,20). The number of nitrogens with one attached hydrogen (secondary N) is 1. The van der Waals surface area contributed by atoms with Crippen LogP contribution in [0.15, 0.2) is 47.2 Å². The van der Waals surface area contributed by atoms with Crippen molar-refractivity contribution < 1.29 is 14.7 Å². The van der Waals surface area contributed by atoms with Crippen molar-refractivity contribution in [2.75, 3.05) is 0 Å². The van der Waals surface area contributed by atoms with Crippen molar-refractivity contribution in [1.29, 1.82) is 0 Å². The van der Waals surface area contributed by atoms with Crippen molar-refractivity contribution in [3.05, 3.63) is 63.9 Å². The van der Waals surface area contributed by atoms with Crippen LogP contribution in [0.2, 0.25) is 0 Å². The van der Waals surface area contributed by atoms with Gasteiger partial charge < -0.3 is 10.4 Å². The summed E-state index contributed by atoms with van der Waals surface area (Å²) in [7, 11) is 0.